The van der Waals surface area contributed by atoms with Crippen LogP contribution in [0.1, 0.15) is 57.7 Å². The third-order valence-electron chi connectivity index (χ3n) is 3.94. The maximum absolute atomic E-state index is 4.60. The molecule has 0 saturated heterocycles. The quantitative estimate of drug-likeness (QED) is 0.761. The number of aryl methyl sites for hydroxylation is 1. The van der Waals surface area contributed by atoms with E-state index in [4.69, 9.17) is 0 Å². The van der Waals surface area contributed by atoms with E-state index in [1.165, 1.54) is 32.1 Å². The van der Waals surface area contributed by atoms with Crippen LogP contribution in [-0.2, 0) is 0 Å². The van der Waals surface area contributed by atoms with Crippen molar-refractivity contribution in [3.63, 3.8) is 0 Å². The molecule has 1 saturated carbocycles. The molecule has 0 spiro atoms. The van der Waals surface area contributed by atoms with Crippen molar-refractivity contribution in [2.75, 3.05) is 11.9 Å². The first-order valence-corrected chi connectivity index (χ1v) is 7.01. The summed E-state index contributed by atoms with van der Waals surface area (Å²) in [6.45, 7) is 7.66. The summed E-state index contributed by atoms with van der Waals surface area (Å²) in [6, 6.07) is 0.592. The number of unbranched alkanes of at least 4 members (excludes halogenated alkanes) is 1. The van der Waals surface area contributed by atoms with E-state index in [-0.39, 0.29) is 0 Å². The number of hydrogen-bond donors (Lipinski definition) is 1. The maximum Gasteiger partial charge on any atom is 0.203 e. The Morgan fingerprint density at radius 3 is 2.88 bits per heavy atom. The van der Waals surface area contributed by atoms with Crippen molar-refractivity contribution in [1.82, 2.24) is 9.55 Å². The monoisotopic (exact) mass is 235 g/mol. The lowest BCUT2D eigenvalue weighted by Crippen LogP contribution is -2.23. The molecule has 0 aliphatic heterocycles. The van der Waals surface area contributed by atoms with E-state index < -0.39 is 0 Å². The van der Waals surface area contributed by atoms with Gasteiger partial charge in [-0.25, -0.2) is 4.98 Å². The molecule has 0 bridgehead atoms. The summed E-state index contributed by atoms with van der Waals surface area (Å²) in [5.74, 6) is 1.92. The Labute approximate surface area is 105 Å². The second-order valence-electron chi connectivity index (χ2n) is 5.33. The molecule has 1 aromatic rings. The van der Waals surface area contributed by atoms with Gasteiger partial charge in [0, 0.05) is 18.8 Å². The summed E-state index contributed by atoms with van der Waals surface area (Å²) in [6.07, 6.45) is 8.80. The van der Waals surface area contributed by atoms with E-state index in [2.05, 4.69) is 41.8 Å². The summed E-state index contributed by atoms with van der Waals surface area (Å²) in [4.78, 5) is 4.60. The van der Waals surface area contributed by atoms with Gasteiger partial charge in [0.15, 0.2) is 0 Å². The molecule has 1 aromatic heterocycles. The van der Waals surface area contributed by atoms with Crippen LogP contribution in [0.25, 0.3) is 0 Å². The lowest BCUT2D eigenvalue weighted by molar-refractivity contribution is 0.224. The first kappa shape index (κ1) is 12.5. The molecule has 1 fully saturated rings. The third-order valence-corrected chi connectivity index (χ3v) is 3.94. The zero-order chi connectivity index (χ0) is 12.3. The minimum atomic E-state index is 0.592. The predicted octanol–water partition coefficient (Wildman–Crippen LogP) is 3.76. The molecule has 1 N–H and O–H groups in total. The normalized spacial score (nSPS) is 17.8. The average molecular weight is 235 g/mol. The molecule has 1 aliphatic rings. The van der Waals surface area contributed by atoms with Gasteiger partial charge in [-0.1, -0.05) is 19.8 Å². The first-order chi connectivity index (χ1) is 8.22. The molecule has 0 aromatic carbocycles. The highest BCUT2D eigenvalue weighted by molar-refractivity contribution is 5.29. The van der Waals surface area contributed by atoms with E-state index in [1.807, 2.05) is 0 Å². The van der Waals surface area contributed by atoms with Crippen LogP contribution < -0.4 is 5.32 Å². The number of aromatic nitrogens is 2. The van der Waals surface area contributed by atoms with Crippen molar-refractivity contribution >= 4 is 5.95 Å². The van der Waals surface area contributed by atoms with E-state index >= 15 is 0 Å². The zero-order valence-electron chi connectivity index (χ0n) is 11.4. The van der Waals surface area contributed by atoms with Crippen molar-refractivity contribution in [3.8, 4) is 0 Å². The van der Waals surface area contributed by atoms with Gasteiger partial charge in [0.25, 0.3) is 0 Å². The van der Waals surface area contributed by atoms with Crippen molar-refractivity contribution in [1.29, 1.82) is 0 Å². The van der Waals surface area contributed by atoms with Gasteiger partial charge in [-0.3, -0.25) is 0 Å². The molecule has 0 radical (unpaired) electrons. The molecule has 1 heterocycles. The summed E-state index contributed by atoms with van der Waals surface area (Å²) in [5, 5.41) is 3.47. The van der Waals surface area contributed by atoms with Gasteiger partial charge in [0.05, 0.1) is 5.69 Å². The fourth-order valence-electron chi connectivity index (χ4n) is 2.48. The lowest BCUT2D eigenvalue weighted by Gasteiger charge is -2.33. The lowest BCUT2D eigenvalue weighted by atomic mass is 9.80. The van der Waals surface area contributed by atoms with Crippen molar-refractivity contribution in [3.05, 3.63) is 11.9 Å². The first-order valence-electron chi connectivity index (χ1n) is 7.01. The van der Waals surface area contributed by atoms with Gasteiger partial charge in [-0.15, -0.1) is 0 Å². The highest BCUT2D eigenvalue weighted by atomic mass is 15.2. The SMILES string of the molecule is CCCCNc1nc(C)cn1C(C)C1CCC1. The van der Waals surface area contributed by atoms with E-state index in [0.717, 1.165) is 24.1 Å². The van der Waals surface area contributed by atoms with Crippen molar-refractivity contribution in [2.24, 2.45) is 5.92 Å². The Morgan fingerprint density at radius 1 is 1.53 bits per heavy atom. The minimum absolute atomic E-state index is 0.592. The van der Waals surface area contributed by atoms with Crippen LogP contribution >= 0.6 is 0 Å². The number of imidazole rings is 1. The van der Waals surface area contributed by atoms with Gasteiger partial charge in [-0.05, 0) is 39.0 Å². The van der Waals surface area contributed by atoms with E-state index in [1.54, 1.807) is 0 Å². The average Bonchev–Trinajstić information content (AvgIpc) is 2.57. The van der Waals surface area contributed by atoms with E-state index in [9.17, 15) is 0 Å². The van der Waals surface area contributed by atoms with Crippen LogP contribution in [-0.4, -0.2) is 16.1 Å². The van der Waals surface area contributed by atoms with Crippen LogP contribution in [0, 0.1) is 12.8 Å². The molecule has 1 aliphatic carbocycles. The van der Waals surface area contributed by atoms with Gasteiger partial charge in [0.1, 0.15) is 0 Å². The van der Waals surface area contributed by atoms with Gasteiger partial charge in [-0.2, -0.15) is 0 Å². The van der Waals surface area contributed by atoms with Crippen LogP contribution in [0.2, 0.25) is 0 Å². The van der Waals surface area contributed by atoms with Crippen LogP contribution in [0.3, 0.4) is 0 Å². The van der Waals surface area contributed by atoms with Gasteiger partial charge >= 0.3 is 0 Å². The van der Waals surface area contributed by atoms with Crippen LogP contribution in [0.5, 0.6) is 0 Å². The summed E-state index contributed by atoms with van der Waals surface area (Å²) in [7, 11) is 0. The minimum Gasteiger partial charge on any atom is -0.356 e. The highest BCUT2D eigenvalue weighted by Gasteiger charge is 2.26. The van der Waals surface area contributed by atoms with Crippen molar-refractivity contribution < 1.29 is 0 Å². The Morgan fingerprint density at radius 2 is 2.29 bits per heavy atom. The van der Waals surface area contributed by atoms with Gasteiger partial charge < -0.3 is 9.88 Å². The molecule has 2 rings (SSSR count). The molecular formula is C14H25N3. The number of hydrogen-bond acceptors (Lipinski definition) is 2. The molecule has 3 heteroatoms. The van der Waals surface area contributed by atoms with Crippen LogP contribution in [0.4, 0.5) is 5.95 Å². The second kappa shape index (κ2) is 5.56. The molecule has 3 nitrogen and oxygen atoms in total. The Balaban J connectivity index is 2.03. The predicted molar refractivity (Wildman–Crippen MR) is 72.4 cm³/mol. The van der Waals surface area contributed by atoms with Gasteiger partial charge in [0.2, 0.25) is 5.95 Å². The van der Waals surface area contributed by atoms with Crippen LogP contribution in [0.15, 0.2) is 6.20 Å². The molecular weight excluding hydrogens is 210 g/mol. The second-order valence-corrected chi connectivity index (χ2v) is 5.33. The summed E-state index contributed by atoms with van der Waals surface area (Å²) >= 11 is 0. The fourth-order valence-corrected chi connectivity index (χ4v) is 2.48. The van der Waals surface area contributed by atoms with Crippen molar-refractivity contribution in [2.45, 2.75) is 58.9 Å². The highest BCUT2D eigenvalue weighted by Crippen LogP contribution is 2.37. The Kier molecular flexibility index (Phi) is 4.08. The standard InChI is InChI=1S/C14H25N3/c1-4-5-9-15-14-16-11(2)10-17(14)12(3)13-7-6-8-13/h10,12-13H,4-9H2,1-3H3,(H,15,16). The number of anilines is 1. The molecule has 96 valence electrons. The Bertz CT molecular complexity index is 352. The van der Waals surface area contributed by atoms with E-state index in [0.29, 0.717) is 6.04 Å². The zero-order valence-corrected chi connectivity index (χ0v) is 11.4. The summed E-state index contributed by atoms with van der Waals surface area (Å²) < 4.78 is 2.34. The third kappa shape index (κ3) is 2.82. The Hall–Kier alpha value is -0.990. The smallest absolute Gasteiger partial charge is 0.203 e. The maximum atomic E-state index is 4.60. The number of nitrogens with zero attached hydrogens (tertiary/aromatic N) is 2. The fraction of sp³-hybridized carbons (Fsp3) is 0.786. The molecule has 1 unspecified atom stereocenters. The summed E-state index contributed by atoms with van der Waals surface area (Å²) in [5.41, 5.74) is 1.12. The molecule has 0 amide bonds. The molecule has 1 atom stereocenters. The topological polar surface area (TPSA) is 29.9 Å². The molecule has 17 heavy (non-hydrogen) atoms. The number of nitrogens with one attached hydrogen (secondary N) is 1. The number of rotatable bonds is 6. The largest absolute Gasteiger partial charge is 0.356 e.